The van der Waals surface area contributed by atoms with Crippen molar-refractivity contribution in [2.75, 3.05) is 13.2 Å². The molecule has 6 nitrogen and oxygen atoms in total. The Morgan fingerprint density at radius 1 is 1.09 bits per heavy atom. The van der Waals surface area contributed by atoms with E-state index in [1.807, 2.05) is 47.3 Å². The second-order valence-electron chi connectivity index (χ2n) is 7.75. The van der Waals surface area contributed by atoms with Crippen LogP contribution < -0.4 is 14.8 Å². The number of nitrogens with zero attached hydrogens (tertiary/aromatic N) is 2. The Morgan fingerprint density at radius 3 is 2.75 bits per heavy atom. The fourth-order valence-corrected chi connectivity index (χ4v) is 3.75. The zero-order chi connectivity index (χ0) is 21.9. The Morgan fingerprint density at radius 2 is 1.91 bits per heavy atom. The van der Waals surface area contributed by atoms with Gasteiger partial charge in [0.1, 0.15) is 12.4 Å². The number of para-hydroxylation sites is 2. The smallest absolute Gasteiger partial charge is 0.251 e. The molecule has 0 aliphatic carbocycles. The van der Waals surface area contributed by atoms with Gasteiger partial charge >= 0.3 is 0 Å². The standard InChI is InChI=1S/C25H22FN3O3/c26-20-8-5-17(6-9-20)11-12-27-25(30)18-7-10-22-19(13-18)14-29(28-22)15-21-16-31-23-3-1-2-4-24(23)32-21/h1-10,13-14,21H,11-12,15-16H2,(H,27,30). The molecule has 0 bridgehead atoms. The molecule has 162 valence electrons. The van der Waals surface area contributed by atoms with Crippen molar-refractivity contribution in [2.45, 2.75) is 19.1 Å². The van der Waals surface area contributed by atoms with Gasteiger partial charge in [-0.1, -0.05) is 24.3 Å². The molecule has 1 amide bonds. The minimum atomic E-state index is -0.265. The van der Waals surface area contributed by atoms with Gasteiger partial charge in [-0.25, -0.2) is 4.39 Å². The van der Waals surface area contributed by atoms with Gasteiger partial charge in [0, 0.05) is 23.7 Å². The number of amides is 1. The van der Waals surface area contributed by atoms with E-state index in [0.717, 1.165) is 28.0 Å². The van der Waals surface area contributed by atoms with Crippen molar-refractivity contribution in [1.29, 1.82) is 0 Å². The van der Waals surface area contributed by atoms with Crippen LogP contribution in [0.3, 0.4) is 0 Å². The number of rotatable bonds is 6. The van der Waals surface area contributed by atoms with Crippen molar-refractivity contribution in [3.8, 4) is 11.5 Å². The number of ether oxygens (including phenoxy) is 2. The molecule has 0 radical (unpaired) electrons. The van der Waals surface area contributed by atoms with Gasteiger partial charge in [-0.3, -0.25) is 9.48 Å². The Labute approximate surface area is 184 Å². The van der Waals surface area contributed by atoms with Crippen molar-refractivity contribution in [3.63, 3.8) is 0 Å². The summed E-state index contributed by atoms with van der Waals surface area (Å²) in [6, 6.07) is 19.3. The number of fused-ring (bicyclic) bond motifs is 2. The summed E-state index contributed by atoms with van der Waals surface area (Å²) < 4.78 is 26.6. The number of carbonyl (C=O) groups excluding carboxylic acids is 1. The molecule has 1 aliphatic heterocycles. The molecular weight excluding hydrogens is 409 g/mol. The second-order valence-corrected chi connectivity index (χ2v) is 7.75. The predicted molar refractivity (Wildman–Crippen MR) is 119 cm³/mol. The van der Waals surface area contributed by atoms with Crippen molar-refractivity contribution in [2.24, 2.45) is 0 Å². The van der Waals surface area contributed by atoms with Crippen LogP contribution in [-0.2, 0) is 13.0 Å². The number of nitrogens with one attached hydrogen (secondary N) is 1. The Bertz CT molecular complexity index is 1250. The summed E-state index contributed by atoms with van der Waals surface area (Å²) in [5.41, 5.74) is 2.35. The van der Waals surface area contributed by atoms with Crippen LogP contribution in [0, 0.1) is 5.82 Å². The lowest BCUT2D eigenvalue weighted by molar-refractivity contribution is 0.0760. The topological polar surface area (TPSA) is 65.4 Å². The quantitative estimate of drug-likeness (QED) is 0.501. The van der Waals surface area contributed by atoms with E-state index in [9.17, 15) is 9.18 Å². The predicted octanol–water partition coefficient (Wildman–Crippen LogP) is 3.99. The highest BCUT2D eigenvalue weighted by molar-refractivity contribution is 5.97. The van der Waals surface area contributed by atoms with Crippen LogP contribution in [0.4, 0.5) is 4.39 Å². The normalized spacial score (nSPS) is 15.0. The number of halogens is 1. The van der Waals surface area contributed by atoms with E-state index in [4.69, 9.17) is 9.47 Å². The molecule has 32 heavy (non-hydrogen) atoms. The van der Waals surface area contributed by atoms with Crippen LogP contribution in [-0.4, -0.2) is 34.9 Å². The van der Waals surface area contributed by atoms with Crippen molar-refractivity contribution < 1.29 is 18.7 Å². The number of hydrogen-bond donors (Lipinski definition) is 1. The van der Waals surface area contributed by atoms with E-state index in [-0.39, 0.29) is 17.8 Å². The average molecular weight is 431 g/mol. The molecule has 1 aliphatic rings. The molecule has 4 aromatic rings. The van der Waals surface area contributed by atoms with Crippen LogP contribution in [0.1, 0.15) is 15.9 Å². The number of benzene rings is 3. The first-order valence-electron chi connectivity index (χ1n) is 10.5. The van der Waals surface area contributed by atoms with E-state index in [1.54, 1.807) is 18.2 Å². The maximum atomic E-state index is 13.0. The van der Waals surface area contributed by atoms with Crippen molar-refractivity contribution >= 4 is 16.8 Å². The lowest BCUT2D eigenvalue weighted by Crippen LogP contribution is -2.33. The number of carbonyl (C=O) groups is 1. The van der Waals surface area contributed by atoms with Crippen molar-refractivity contribution in [3.05, 3.63) is 89.9 Å². The van der Waals surface area contributed by atoms with Crippen LogP contribution >= 0.6 is 0 Å². The molecule has 0 spiro atoms. The highest BCUT2D eigenvalue weighted by Gasteiger charge is 2.21. The van der Waals surface area contributed by atoms with E-state index in [2.05, 4.69) is 10.4 Å². The van der Waals surface area contributed by atoms with Gasteiger partial charge in [-0.05, 0) is 54.4 Å². The van der Waals surface area contributed by atoms with E-state index in [1.165, 1.54) is 12.1 Å². The molecule has 0 saturated heterocycles. The molecule has 2 heterocycles. The summed E-state index contributed by atoms with van der Waals surface area (Å²) in [6.07, 6.45) is 2.40. The van der Waals surface area contributed by atoms with Crippen LogP contribution in [0.15, 0.2) is 72.9 Å². The maximum absolute atomic E-state index is 13.0. The maximum Gasteiger partial charge on any atom is 0.251 e. The first-order chi connectivity index (χ1) is 15.6. The molecule has 1 N–H and O–H groups in total. The molecule has 5 rings (SSSR count). The molecule has 1 unspecified atom stereocenters. The fraction of sp³-hybridized carbons (Fsp3) is 0.200. The summed E-state index contributed by atoms with van der Waals surface area (Å²) in [5, 5.41) is 8.39. The first-order valence-corrected chi connectivity index (χ1v) is 10.5. The highest BCUT2D eigenvalue weighted by Crippen LogP contribution is 2.31. The summed E-state index contributed by atoms with van der Waals surface area (Å²) in [4.78, 5) is 12.5. The van der Waals surface area contributed by atoms with Crippen LogP contribution in [0.5, 0.6) is 11.5 Å². The summed E-state index contributed by atoms with van der Waals surface area (Å²) in [6.45, 7) is 1.47. The number of aromatic nitrogens is 2. The van der Waals surface area contributed by atoms with E-state index < -0.39 is 0 Å². The zero-order valence-corrected chi connectivity index (χ0v) is 17.3. The minimum absolute atomic E-state index is 0.145. The van der Waals surface area contributed by atoms with Gasteiger partial charge in [-0.2, -0.15) is 5.10 Å². The van der Waals surface area contributed by atoms with Crippen molar-refractivity contribution in [1.82, 2.24) is 15.1 Å². The summed E-state index contributed by atoms with van der Waals surface area (Å²) in [7, 11) is 0. The molecule has 0 saturated carbocycles. The van der Waals surface area contributed by atoms with Gasteiger partial charge in [-0.15, -0.1) is 0 Å². The van der Waals surface area contributed by atoms with Gasteiger partial charge in [0.2, 0.25) is 0 Å². The lowest BCUT2D eigenvalue weighted by atomic mass is 10.1. The van der Waals surface area contributed by atoms with Gasteiger partial charge in [0.05, 0.1) is 12.1 Å². The summed E-state index contributed by atoms with van der Waals surface area (Å²) >= 11 is 0. The molecule has 1 atom stereocenters. The van der Waals surface area contributed by atoms with E-state index in [0.29, 0.717) is 31.7 Å². The number of hydrogen-bond acceptors (Lipinski definition) is 4. The molecule has 1 aromatic heterocycles. The Balaban J connectivity index is 1.21. The zero-order valence-electron chi connectivity index (χ0n) is 17.3. The molecule has 0 fully saturated rings. The second kappa shape index (κ2) is 8.70. The summed E-state index contributed by atoms with van der Waals surface area (Å²) in [5.74, 6) is 1.07. The Hall–Kier alpha value is -3.87. The minimum Gasteiger partial charge on any atom is -0.486 e. The SMILES string of the molecule is O=C(NCCc1ccc(F)cc1)c1ccc2nn(CC3COc4ccccc4O3)cc2c1. The first kappa shape index (κ1) is 20.1. The highest BCUT2D eigenvalue weighted by atomic mass is 19.1. The Kier molecular flexibility index (Phi) is 5.46. The molecular formula is C25H22FN3O3. The monoisotopic (exact) mass is 431 g/mol. The molecule has 7 heteroatoms. The molecule has 3 aromatic carbocycles. The third kappa shape index (κ3) is 4.42. The van der Waals surface area contributed by atoms with Gasteiger partial charge < -0.3 is 14.8 Å². The van der Waals surface area contributed by atoms with Gasteiger partial charge in [0.15, 0.2) is 17.6 Å². The van der Waals surface area contributed by atoms with Crippen LogP contribution in [0.2, 0.25) is 0 Å². The third-order valence-electron chi connectivity index (χ3n) is 5.38. The fourth-order valence-electron chi connectivity index (χ4n) is 3.75. The van der Waals surface area contributed by atoms with E-state index >= 15 is 0 Å². The lowest BCUT2D eigenvalue weighted by Gasteiger charge is -2.26. The average Bonchev–Trinajstić information content (AvgIpc) is 3.21. The third-order valence-corrected chi connectivity index (χ3v) is 5.38. The largest absolute Gasteiger partial charge is 0.486 e. The van der Waals surface area contributed by atoms with Crippen LogP contribution in [0.25, 0.3) is 10.9 Å². The van der Waals surface area contributed by atoms with Gasteiger partial charge in [0.25, 0.3) is 5.91 Å².